The number of rotatable bonds is 8. The molecule has 1 N–H and O–H groups in total. The Labute approximate surface area is 107 Å². The summed E-state index contributed by atoms with van der Waals surface area (Å²) in [5.41, 5.74) is 1.33. The van der Waals surface area contributed by atoms with Crippen molar-refractivity contribution in [3.8, 4) is 0 Å². The van der Waals surface area contributed by atoms with Gasteiger partial charge in [0.25, 0.3) is 0 Å². The molecule has 1 rings (SSSR count). The predicted octanol–water partition coefficient (Wildman–Crippen LogP) is 3.61. The van der Waals surface area contributed by atoms with E-state index in [1.807, 2.05) is 25.1 Å². The van der Waals surface area contributed by atoms with Crippen molar-refractivity contribution in [2.45, 2.75) is 37.9 Å². The molecule has 0 aliphatic heterocycles. The molecule has 0 aliphatic carbocycles. The fraction of sp³-hybridized carbons (Fsp3) is 0.500. The normalized spacial score (nSPS) is 12.3. The molecule has 0 amide bonds. The average molecular weight is 252 g/mol. The maximum atomic E-state index is 10.9. The van der Waals surface area contributed by atoms with Crippen LogP contribution >= 0.6 is 11.8 Å². The summed E-state index contributed by atoms with van der Waals surface area (Å²) >= 11 is 1.57. The Morgan fingerprint density at radius 1 is 1.35 bits per heavy atom. The van der Waals surface area contributed by atoms with Crippen molar-refractivity contribution in [2.75, 3.05) is 5.75 Å². The van der Waals surface area contributed by atoms with Crippen LogP contribution in [0, 0.1) is 0 Å². The van der Waals surface area contributed by atoms with E-state index in [1.54, 1.807) is 11.8 Å². The van der Waals surface area contributed by atoms with Gasteiger partial charge in [0, 0.05) is 0 Å². The van der Waals surface area contributed by atoms with E-state index in [-0.39, 0.29) is 5.25 Å². The molecular formula is C14H20O2S. The number of carboxylic acid groups (broad SMARTS) is 1. The minimum absolute atomic E-state index is 0.226. The monoisotopic (exact) mass is 252 g/mol. The van der Waals surface area contributed by atoms with Crippen molar-refractivity contribution < 1.29 is 9.90 Å². The van der Waals surface area contributed by atoms with Crippen molar-refractivity contribution in [2.24, 2.45) is 0 Å². The van der Waals surface area contributed by atoms with E-state index in [4.69, 9.17) is 5.11 Å². The van der Waals surface area contributed by atoms with Crippen LogP contribution in [0.1, 0.15) is 31.7 Å². The Bertz CT molecular complexity index is 324. The lowest BCUT2D eigenvalue weighted by atomic mass is 10.1. The second kappa shape index (κ2) is 8.18. The molecule has 3 heteroatoms. The van der Waals surface area contributed by atoms with Crippen LogP contribution in [-0.2, 0) is 11.2 Å². The summed E-state index contributed by atoms with van der Waals surface area (Å²) in [7, 11) is 0. The van der Waals surface area contributed by atoms with Crippen molar-refractivity contribution in [3.05, 3.63) is 35.9 Å². The first kappa shape index (κ1) is 14.1. The van der Waals surface area contributed by atoms with E-state index >= 15 is 0 Å². The van der Waals surface area contributed by atoms with Crippen LogP contribution < -0.4 is 0 Å². The lowest BCUT2D eigenvalue weighted by molar-refractivity contribution is -0.136. The smallest absolute Gasteiger partial charge is 0.316 e. The van der Waals surface area contributed by atoms with Crippen LogP contribution in [0.4, 0.5) is 0 Å². The van der Waals surface area contributed by atoms with Gasteiger partial charge in [-0.25, -0.2) is 0 Å². The van der Waals surface area contributed by atoms with Crippen molar-refractivity contribution in [3.63, 3.8) is 0 Å². The third-order valence-electron chi connectivity index (χ3n) is 2.60. The average Bonchev–Trinajstić information content (AvgIpc) is 2.34. The fourth-order valence-corrected chi connectivity index (χ4v) is 2.83. The Morgan fingerprint density at radius 2 is 2.06 bits per heavy atom. The zero-order chi connectivity index (χ0) is 12.5. The Morgan fingerprint density at radius 3 is 2.65 bits per heavy atom. The van der Waals surface area contributed by atoms with E-state index in [0.717, 1.165) is 31.4 Å². The van der Waals surface area contributed by atoms with Crippen molar-refractivity contribution in [1.82, 2.24) is 0 Å². The first-order chi connectivity index (χ1) is 8.24. The van der Waals surface area contributed by atoms with Gasteiger partial charge in [-0.05, 0) is 30.6 Å². The second-order valence-electron chi connectivity index (χ2n) is 4.08. The topological polar surface area (TPSA) is 37.3 Å². The number of carboxylic acids is 1. The van der Waals surface area contributed by atoms with Crippen LogP contribution in [0.5, 0.6) is 0 Å². The third-order valence-corrected chi connectivity index (χ3v) is 3.96. The summed E-state index contributed by atoms with van der Waals surface area (Å²) in [4.78, 5) is 10.9. The molecule has 0 saturated heterocycles. The van der Waals surface area contributed by atoms with E-state index in [9.17, 15) is 4.79 Å². The first-order valence-electron chi connectivity index (χ1n) is 6.12. The van der Waals surface area contributed by atoms with Crippen LogP contribution in [0.2, 0.25) is 0 Å². The van der Waals surface area contributed by atoms with Gasteiger partial charge in [-0.3, -0.25) is 4.79 Å². The molecule has 1 aromatic rings. The summed E-state index contributed by atoms with van der Waals surface area (Å²) in [5, 5.41) is 8.77. The Balaban J connectivity index is 2.20. The number of thioether (sulfide) groups is 1. The molecule has 94 valence electrons. The van der Waals surface area contributed by atoms with Crippen LogP contribution in [0.3, 0.4) is 0 Å². The third kappa shape index (κ3) is 5.78. The van der Waals surface area contributed by atoms with Gasteiger partial charge in [0.2, 0.25) is 0 Å². The summed E-state index contributed by atoms with van der Waals surface area (Å²) < 4.78 is 0. The summed E-state index contributed by atoms with van der Waals surface area (Å²) in [6.45, 7) is 2.03. The quantitative estimate of drug-likeness (QED) is 0.718. The Kier molecular flexibility index (Phi) is 6.78. The minimum atomic E-state index is -0.670. The standard InChI is InChI=1S/C14H20O2S/c1-2-7-13(14(15)16)17-11-6-10-12-8-4-3-5-9-12/h3-5,8-9,13H,2,6-7,10-11H2,1H3,(H,15,16). The molecule has 0 aromatic heterocycles. The first-order valence-corrected chi connectivity index (χ1v) is 7.17. The molecule has 17 heavy (non-hydrogen) atoms. The second-order valence-corrected chi connectivity index (χ2v) is 5.39. The van der Waals surface area contributed by atoms with E-state index in [2.05, 4.69) is 12.1 Å². The number of hydrogen-bond acceptors (Lipinski definition) is 2. The molecule has 0 aliphatic rings. The molecule has 0 heterocycles. The maximum absolute atomic E-state index is 10.9. The van der Waals surface area contributed by atoms with Crippen molar-refractivity contribution in [1.29, 1.82) is 0 Å². The van der Waals surface area contributed by atoms with Crippen LogP contribution in [-0.4, -0.2) is 22.1 Å². The van der Waals surface area contributed by atoms with Crippen LogP contribution in [0.25, 0.3) is 0 Å². The zero-order valence-corrected chi connectivity index (χ0v) is 11.1. The molecule has 1 unspecified atom stereocenters. The molecule has 0 radical (unpaired) electrons. The number of carbonyl (C=O) groups is 1. The largest absolute Gasteiger partial charge is 0.480 e. The molecule has 1 aromatic carbocycles. The molecule has 0 fully saturated rings. The van der Waals surface area contributed by atoms with Gasteiger partial charge in [-0.1, -0.05) is 43.7 Å². The van der Waals surface area contributed by atoms with Gasteiger partial charge in [0.1, 0.15) is 5.25 Å². The summed E-state index contributed by atoms with van der Waals surface area (Å²) in [5.74, 6) is 0.253. The Hall–Kier alpha value is -0.960. The number of aliphatic carboxylic acids is 1. The number of aryl methyl sites for hydroxylation is 1. The highest BCUT2D eigenvalue weighted by Crippen LogP contribution is 2.18. The zero-order valence-electron chi connectivity index (χ0n) is 10.3. The highest BCUT2D eigenvalue weighted by molar-refractivity contribution is 8.00. The molecule has 0 bridgehead atoms. The van der Waals surface area contributed by atoms with Gasteiger partial charge in [-0.15, -0.1) is 11.8 Å². The van der Waals surface area contributed by atoms with E-state index in [1.165, 1.54) is 5.56 Å². The number of benzene rings is 1. The highest BCUT2D eigenvalue weighted by Gasteiger charge is 2.15. The lowest BCUT2D eigenvalue weighted by Crippen LogP contribution is -2.16. The molecule has 2 nitrogen and oxygen atoms in total. The maximum Gasteiger partial charge on any atom is 0.316 e. The highest BCUT2D eigenvalue weighted by atomic mass is 32.2. The number of hydrogen-bond donors (Lipinski definition) is 1. The van der Waals surface area contributed by atoms with Gasteiger partial charge < -0.3 is 5.11 Å². The van der Waals surface area contributed by atoms with Crippen LogP contribution in [0.15, 0.2) is 30.3 Å². The fourth-order valence-electron chi connectivity index (χ4n) is 1.69. The van der Waals surface area contributed by atoms with Gasteiger partial charge in [0.05, 0.1) is 0 Å². The van der Waals surface area contributed by atoms with Gasteiger partial charge in [0.15, 0.2) is 0 Å². The molecule has 1 atom stereocenters. The molecule has 0 spiro atoms. The molecular weight excluding hydrogens is 232 g/mol. The summed E-state index contributed by atoms with van der Waals surface area (Å²) in [6.07, 6.45) is 3.78. The lowest BCUT2D eigenvalue weighted by Gasteiger charge is -2.10. The van der Waals surface area contributed by atoms with Gasteiger partial charge in [-0.2, -0.15) is 0 Å². The van der Waals surface area contributed by atoms with E-state index in [0.29, 0.717) is 0 Å². The van der Waals surface area contributed by atoms with Gasteiger partial charge >= 0.3 is 5.97 Å². The van der Waals surface area contributed by atoms with E-state index < -0.39 is 5.97 Å². The SMILES string of the molecule is CCCC(SCCCc1ccccc1)C(=O)O. The minimum Gasteiger partial charge on any atom is -0.480 e. The molecule has 0 saturated carbocycles. The predicted molar refractivity (Wildman–Crippen MR) is 73.6 cm³/mol. The van der Waals surface area contributed by atoms with Crippen molar-refractivity contribution >= 4 is 17.7 Å². The summed E-state index contributed by atoms with van der Waals surface area (Å²) in [6, 6.07) is 10.3.